The summed E-state index contributed by atoms with van der Waals surface area (Å²) in [6.07, 6.45) is 8.66. The lowest BCUT2D eigenvalue weighted by molar-refractivity contribution is -0.125. The van der Waals surface area contributed by atoms with Crippen molar-refractivity contribution in [3.05, 3.63) is 84.5 Å². The Morgan fingerprint density at radius 3 is 2.73 bits per heavy atom. The van der Waals surface area contributed by atoms with E-state index < -0.39 is 0 Å². The van der Waals surface area contributed by atoms with Crippen LogP contribution in [0.5, 0.6) is 5.75 Å². The molecule has 132 valence electrons. The molecule has 0 fully saturated rings. The molecule has 0 saturated heterocycles. The van der Waals surface area contributed by atoms with Gasteiger partial charge in [0.25, 0.3) is 0 Å². The van der Waals surface area contributed by atoms with Gasteiger partial charge in [-0.3, -0.25) is 4.79 Å². The molecular formula is C21H21N3O2. The molecule has 0 bridgehead atoms. The number of benzene rings is 2. The minimum atomic E-state index is -0.0495. The zero-order chi connectivity index (χ0) is 18.4. The third kappa shape index (κ3) is 4.19. The van der Waals surface area contributed by atoms with Gasteiger partial charge in [0.15, 0.2) is 0 Å². The van der Waals surface area contributed by atoms with Gasteiger partial charge in [0.1, 0.15) is 5.75 Å². The summed E-state index contributed by atoms with van der Waals surface area (Å²) in [4.78, 5) is 18.1. The van der Waals surface area contributed by atoms with Gasteiger partial charge in [-0.2, -0.15) is 0 Å². The van der Waals surface area contributed by atoms with E-state index >= 15 is 0 Å². The highest BCUT2D eigenvalue weighted by atomic mass is 16.5. The van der Waals surface area contributed by atoms with E-state index in [4.69, 9.17) is 4.74 Å². The third-order valence-corrected chi connectivity index (χ3v) is 4.04. The van der Waals surface area contributed by atoms with E-state index in [9.17, 15) is 4.79 Å². The highest BCUT2D eigenvalue weighted by molar-refractivity contribution is 5.91. The summed E-state index contributed by atoms with van der Waals surface area (Å²) >= 11 is 0. The van der Waals surface area contributed by atoms with E-state index in [1.54, 1.807) is 43.7 Å². The summed E-state index contributed by atoms with van der Waals surface area (Å²) in [5.41, 5.74) is 2.89. The Morgan fingerprint density at radius 1 is 1.23 bits per heavy atom. The molecule has 0 saturated carbocycles. The number of carbonyl (C=O) groups excluding carboxylic acids is 1. The van der Waals surface area contributed by atoms with Crippen LogP contribution in [-0.4, -0.2) is 34.5 Å². The van der Waals surface area contributed by atoms with E-state index in [0.717, 1.165) is 22.6 Å². The number of hydrogen-bond acceptors (Lipinski definition) is 3. The number of ether oxygens (including phenoxy) is 1. The Morgan fingerprint density at radius 2 is 2.04 bits per heavy atom. The van der Waals surface area contributed by atoms with Crippen LogP contribution in [0.4, 0.5) is 0 Å². The largest absolute Gasteiger partial charge is 0.495 e. The van der Waals surface area contributed by atoms with Crippen molar-refractivity contribution in [2.45, 2.75) is 6.54 Å². The SMILES string of the molecule is COc1cc(C=CC(=O)N(C)Cc2ccccc2)ccc1-n1ccnc1. The molecule has 5 heteroatoms. The first-order valence-electron chi connectivity index (χ1n) is 8.31. The average Bonchev–Trinajstić information content (AvgIpc) is 3.21. The predicted molar refractivity (Wildman–Crippen MR) is 102 cm³/mol. The van der Waals surface area contributed by atoms with Gasteiger partial charge in [-0.05, 0) is 29.3 Å². The molecule has 0 N–H and O–H groups in total. The van der Waals surface area contributed by atoms with Gasteiger partial charge in [0.05, 0.1) is 19.1 Å². The number of methoxy groups -OCH3 is 1. The number of nitrogens with zero attached hydrogens (tertiary/aromatic N) is 3. The summed E-state index contributed by atoms with van der Waals surface area (Å²) in [7, 11) is 3.42. The van der Waals surface area contributed by atoms with Gasteiger partial charge in [0.2, 0.25) is 5.91 Å². The molecule has 5 nitrogen and oxygen atoms in total. The molecule has 3 rings (SSSR count). The van der Waals surface area contributed by atoms with Crippen LogP contribution in [0.2, 0.25) is 0 Å². The molecule has 0 aliphatic heterocycles. The van der Waals surface area contributed by atoms with E-state index in [1.807, 2.05) is 59.3 Å². The normalized spacial score (nSPS) is 10.8. The molecule has 0 radical (unpaired) electrons. The van der Waals surface area contributed by atoms with Gasteiger partial charge >= 0.3 is 0 Å². The van der Waals surface area contributed by atoms with Crippen LogP contribution in [0.1, 0.15) is 11.1 Å². The fraction of sp³-hybridized carbons (Fsp3) is 0.143. The molecule has 3 aromatic rings. The van der Waals surface area contributed by atoms with Crippen molar-refractivity contribution in [3.63, 3.8) is 0 Å². The van der Waals surface area contributed by atoms with Gasteiger partial charge in [-0.1, -0.05) is 36.4 Å². The molecule has 0 aliphatic rings. The molecule has 26 heavy (non-hydrogen) atoms. The van der Waals surface area contributed by atoms with Gasteiger partial charge in [0, 0.05) is 32.1 Å². The maximum absolute atomic E-state index is 12.3. The number of amides is 1. The fourth-order valence-corrected chi connectivity index (χ4v) is 2.64. The van der Waals surface area contributed by atoms with Crippen LogP contribution in [0.25, 0.3) is 11.8 Å². The van der Waals surface area contributed by atoms with Crippen LogP contribution in [0, 0.1) is 0 Å². The molecule has 1 aromatic heterocycles. The molecule has 0 atom stereocenters. The van der Waals surface area contributed by atoms with E-state index in [2.05, 4.69) is 4.98 Å². The van der Waals surface area contributed by atoms with Crippen LogP contribution in [-0.2, 0) is 11.3 Å². The van der Waals surface area contributed by atoms with Crippen molar-refractivity contribution in [1.82, 2.24) is 14.5 Å². The highest BCUT2D eigenvalue weighted by Crippen LogP contribution is 2.24. The number of imidazole rings is 1. The fourth-order valence-electron chi connectivity index (χ4n) is 2.64. The van der Waals surface area contributed by atoms with Crippen molar-refractivity contribution in [2.24, 2.45) is 0 Å². The van der Waals surface area contributed by atoms with E-state index in [0.29, 0.717) is 6.54 Å². The van der Waals surface area contributed by atoms with E-state index in [1.165, 1.54) is 0 Å². The summed E-state index contributed by atoms with van der Waals surface area (Å²) in [6, 6.07) is 15.7. The van der Waals surface area contributed by atoms with Crippen LogP contribution in [0.3, 0.4) is 0 Å². The standard InChI is InChI=1S/C21H21N3O2/c1-23(15-18-6-4-3-5-7-18)21(25)11-9-17-8-10-19(20(14-17)26-2)24-13-12-22-16-24/h3-14,16H,15H2,1-2H3. The molecule has 0 aliphatic carbocycles. The molecule has 0 unspecified atom stereocenters. The first-order chi connectivity index (χ1) is 12.7. The molecule has 0 spiro atoms. The second-order valence-electron chi connectivity index (χ2n) is 5.91. The highest BCUT2D eigenvalue weighted by Gasteiger charge is 2.07. The Bertz CT molecular complexity index is 887. The summed E-state index contributed by atoms with van der Waals surface area (Å²) < 4.78 is 7.35. The minimum absolute atomic E-state index is 0.0495. The first-order valence-corrected chi connectivity index (χ1v) is 8.31. The second-order valence-corrected chi connectivity index (χ2v) is 5.91. The van der Waals surface area contributed by atoms with Crippen molar-refractivity contribution >= 4 is 12.0 Å². The van der Waals surface area contributed by atoms with Crippen molar-refractivity contribution in [2.75, 3.05) is 14.2 Å². The first kappa shape index (κ1) is 17.5. The maximum atomic E-state index is 12.3. The number of likely N-dealkylation sites (N-methyl/N-ethyl adjacent to an activating group) is 1. The molecular weight excluding hydrogens is 326 g/mol. The Balaban J connectivity index is 1.70. The van der Waals surface area contributed by atoms with Gasteiger partial charge in [-0.15, -0.1) is 0 Å². The number of rotatable bonds is 6. The summed E-state index contributed by atoms with van der Waals surface area (Å²) in [5, 5.41) is 0. The zero-order valence-corrected chi connectivity index (χ0v) is 14.9. The number of aromatic nitrogens is 2. The quantitative estimate of drug-likeness (QED) is 0.641. The Kier molecular flexibility index (Phi) is 5.49. The van der Waals surface area contributed by atoms with Crippen LogP contribution < -0.4 is 4.74 Å². The molecule has 1 amide bonds. The van der Waals surface area contributed by atoms with Crippen molar-refractivity contribution < 1.29 is 9.53 Å². The average molecular weight is 347 g/mol. The molecule has 2 aromatic carbocycles. The van der Waals surface area contributed by atoms with Gasteiger partial charge < -0.3 is 14.2 Å². The van der Waals surface area contributed by atoms with Crippen LogP contribution in [0.15, 0.2) is 73.3 Å². The topological polar surface area (TPSA) is 47.4 Å². The number of carbonyl (C=O) groups is 1. The maximum Gasteiger partial charge on any atom is 0.246 e. The monoisotopic (exact) mass is 347 g/mol. The van der Waals surface area contributed by atoms with Crippen molar-refractivity contribution in [1.29, 1.82) is 0 Å². The zero-order valence-electron chi connectivity index (χ0n) is 14.9. The predicted octanol–water partition coefficient (Wildman–Crippen LogP) is 3.55. The smallest absolute Gasteiger partial charge is 0.246 e. The minimum Gasteiger partial charge on any atom is -0.495 e. The van der Waals surface area contributed by atoms with Crippen molar-refractivity contribution in [3.8, 4) is 11.4 Å². The Hall–Kier alpha value is -3.34. The number of hydrogen-bond donors (Lipinski definition) is 0. The summed E-state index contributed by atoms with van der Waals surface area (Å²) in [5.74, 6) is 0.668. The van der Waals surface area contributed by atoms with Crippen LogP contribution >= 0.6 is 0 Å². The van der Waals surface area contributed by atoms with E-state index in [-0.39, 0.29) is 5.91 Å². The third-order valence-electron chi connectivity index (χ3n) is 4.04. The van der Waals surface area contributed by atoms with Gasteiger partial charge in [-0.25, -0.2) is 4.98 Å². The summed E-state index contributed by atoms with van der Waals surface area (Å²) in [6.45, 7) is 0.576. The lowest BCUT2D eigenvalue weighted by Crippen LogP contribution is -2.24. The molecule has 1 heterocycles. The second kappa shape index (κ2) is 8.16. The lowest BCUT2D eigenvalue weighted by Gasteiger charge is -2.15. The Labute approximate surface area is 153 Å². The lowest BCUT2D eigenvalue weighted by atomic mass is 10.1.